The van der Waals surface area contributed by atoms with E-state index in [1.807, 2.05) is 66.7 Å². The van der Waals surface area contributed by atoms with Crippen LogP contribution in [-0.4, -0.2) is 41.8 Å². The van der Waals surface area contributed by atoms with E-state index in [0.717, 1.165) is 11.1 Å². The van der Waals surface area contributed by atoms with Crippen LogP contribution in [0.2, 0.25) is 0 Å². The predicted octanol–water partition coefficient (Wildman–Crippen LogP) is 2.66. The van der Waals surface area contributed by atoms with Crippen LogP contribution >= 0.6 is 0 Å². The molecule has 3 rings (SSSR count). The van der Waals surface area contributed by atoms with Crippen LogP contribution in [0.15, 0.2) is 66.7 Å². The minimum atomic E-state index is -0.407. The highest BCUT2D eigenvalue weighted by molar-refractivity contribution is 5.92. The summed E-state index contributed by atoms with van der Waals surface area (Å²) in [4.78, 5) is 14.5. The molecule has 2 aromatic rings. The topological polar surface area (TPSA) is 49.8 Å². The number of carbonyl (C=O) groups excluding carboxylic acids is 1. The van der Waals surface area contributed by atoms with Crippen molar-refractivity contribution in [1.29, 1.82) is 0 Å². The summed E-state index contributed by atoms with van der Waals surface area (Å²) < 4.78 is 5.67. The molecule has 2 atom stereocenters. The van der Waals surface area contributed by atoms with Crippen LogP contribution in [0.1, 0.15) is 17.2 Å². The second-order valence-corrected chi connectivity index (χ2v) is 5.72. The molecule has 1 aliphatic heterocycles. The van der Waals surface area contributed by atoms with E-state index >= 15 is 0 Å². The molecule has 0 spiro atoms. The zero-order valence-electron chi connectivity index (χ0n) is 13.4. The monoisotopic (exact) mass is 323 g/mol. The van der Waals surface area contributed by atoms with Gasteiger partial charge in [-0.2, -0.15) is 0 Å². The summed E-state index contributed by atoms with van der Waals surface area (Å²) in [5.74, 6) is -0.0746. The molecule has 124 valence electrons. The molecule has 0 aromatic heterocycles. The normalized spacial score (nSPS) is 21.1. The van der Waals surface area contributed by atoms with Gasteiger partial charge in [-0.15, -0.1) is 0 Å². The van der Waals surface area contributed by atoms with E-state index in [1.54, 1.807) is 11.0 Å². The summed E-state index contributed by atoms with van der Waals surface area (Å²) in [6, 6.07) is 19.2. The molecular weight excluding hydrogens is 302 g/mol. The molecule has 1 fully saturated rings. The van der Waals surface area contributed by atoms with Crippen LogP contribution in [-0.2, 0) is 9.53 Å². The number of benzene rings is 2. The molecule has 1 N–H and O–H groups in total. The Bertz CT molecular complexity index is 685. The van der Waals surface area contributed by atoms with Crippen LogP contribution in [0, 0.1) is 0 Å². The molecular formula is C20H21NO3. The van der Waals surface area contributed by atoms with Crippen molar-refractivity contribution in [1.82, 2.24) is 4.90 Å². The lowest BCUT2D eigenvalue weighted by atomic mass is 9.98. The number of morpholine rings is 1. The molecule has 1 saturated heterocycles. The van der Waals surface area contributed by atoms with Gasteiger partial charge in [0.25, 0.3) is 0 Å². The van der Waals surface area contributed by atoms with Gasteiger partial charge in [0.1, 0.15) is 6.10 Å². The highest BCUT2D eigenvalue weighted by Crippen LogP contribution is 2.29. The number of hydrogen-bond donors (Lipinski definition) is 1. The summed E-state index contributed by atoms with van der Waals surface area (Å²) in [5, 5.41) is 9.65. The molecule has 0 radical (unpaired) electrons. The first-order valence-corrected chi connectivity index (χ1v) is 8.11. The number of rotatable bonds is 4. The van der Waals surface area contributed by atoms with Gasteiger partial charge in [0, 0.05) is 12.6 Å². The SMILES string of the molecule is O=C(/C=C/c1ccccc1)N1CCO[C@@H](CO)[C@@H]1c1ccccc1. The third kappa shape index (κ3) is 3.72. The van der Waals surface area contributed by atoms with E-state index < -0.39 is 6.10 Å². The van der Waals surface area contributed by atoms with Crippen molar-refractivity contribution in [3.05, 3.63) is 77.9 Å². The Hall–Kier alpha value is -2.43. The van der Waals surface area contributed by atoms with E-state index in [4.69, 9.17) is 4.74 Å². The van der Waals surface area contributed by atoms with E-state index in [1.165, 1.54) is 0 Å². The predicted molar refractivity (Wildman–Crippen MR) is 93.2 cm³/mol. The second-order valence-electron chi connectivity index (χ2n) is 5.72. The number of carbonyl (C=O) groups is 1. The smallest absolute Gasteiger partial charge is 0.247 e. The molecule has 1 aliphatic rings. The Morgan fingerprint density at radius 1 is 1.12 bits per heavy atom. The van der Waals surface area contributed by atoms with E-state index in [0.29, 0.717) is 13.2 Å². The van der Waals surface area contributed by atoms with Crippen LogP contribution in [0.4, 0.5) is 0 Å². The lowest BCUT2D eigenvalue weighted by molar-refractivity contribution is -0.144. The van der Waals surface area contributed by atoms with E-state index in [9.17, 15) is 9.90 Å². The first-order chi connectivity index (χ1) is 11.8. The Morgan fingerprint density at radius 2 is 1.79 bits per heavy atom. The van der Waals surface area contributed by atoms with Crippen molar-refractivity contribution in [2.75, 3.05) is 19.8 Å². The maximum absolute atomic E-state index is 12.7. The third-order valence-corrected chi connectivity index (χ3v) is 4.17. The van der Waals surface area contributed by atoms with Crippen LogP contribution in [0.5, 0.6) is 0 Å². The van der Waals surface area contributed by atoms with E-state index in [-0.39, 0.29) is 18.6 Å². The number of amides is 1. The number of hydrogen-bond acceptors (Lipinski definition) is 3. The van der Waals surface area contributed by atoms with Gasteiger partial charge in [0.15, 0.2) is 0 Å². The first kappa shape index (κ1) is 16.4. The van der Waals surface area contributed by atoms with Gasteiger partial charge in [-0.1, -0.05) is 60.7 Å². The molecule has 1 heterocycles. The van der Waals surface area contributed by atoms with Crippen molar-refractivity contribution in [3.63, 3.8) is 0 Å². The Kier molecular flexibility index (Phi) is 5.41. The molecule has 0 unspecified atom stereocenters. The van der Waals surface area contributed by atoms with Crippen molar-refractivity contribution < 1.29 is 14.6 Å². The number of aliphatic hydroxyl groups is 1. The highest BCUT2D eigenvalue weighted by Gasteiger charge is 2.35. The fourth-order valence-electron chi connectivity index (χ4n) is 3.01. The Labute approximate surface area is 142 Å². The lowest BCUT2D eigenvalue weighted by Crippen LogP contribution is -2.49. The minimum absolute atomic E-state index is 0.0746. The average molecular weight is 323 g/mol. The Morgan fingerprint density at radius 3 is 2.46 bits per heavy atom. The van der Waals surface area contributed by atoms with Gasteiger partial charge in [-0.3, -0.25) is 4.79 Å². The molecule has 4 nitrogen and oxygen atoms in total. The van der Waals surface area contributed by atoms with Crippen LogP contribution in [0.25, 0.3) is 6.08 Å². The van der Waals surface area contributed by atoms with Gasteiger partial charge < -0.3 is 14.7 Å². The molecule has 0 bridgehead atoms. The fourth-order valence-corrected chi connectivity index (χ4v) is 3.01. The summed E-state index contributed by atoms with van der Waals surface area (Å²) in [5.41, 5.74) is 1.95. The maximum Gasteiger partial charge on any atom is 0.247 e. The quantitative estimate of drug-likeness (QED) is 0.880. The number of aliphatic hydroxyl groups excluding tert-OH is 1. The average Bonchev–Trinajstić information content (AvgIpc) is 2.67. The van der Waals surface area contributed by atoms with Gasteiger partial charge in [-0.25, -0.2) is 0 Å². The van der Waals surface area contributed by atoms with Crippen molar-refractivity contribution >= 4 is 12.0 Å². The van der Waals surface area contributed by atoms with Crippen LogP contribution < -0.4 is 0 Å². The number of nitrogens with zero attached hydrogens (tertiary/aromatic N) is 1. The largest absolute Gasteiger partial charge is 0.394 e. The lowest BCUT2D eigenvalue weighted by Gasteiger charge is -2.40. The van der Waals surface area contributed by atoms with Gasteiger partial charge in [0.05, 0.1) is 19.3 Å². The van der Waals surface area contributed by atoms with Gasteiger partial charge in [0.2, 0.25) is 5.91 Å². The standard InChI is InChI=1S/C20H21NO3/c22-15-18-20(17-9-5-2-6-10-17)21(13-14-24-18)19(23)12-11-16-7-3-1-4-8-16/h1-12,18,20,22H,13-15H2/b12-11+/t18-,20-/m0/s1. The second kappa shape index (κ2) is 7.90. The summed E-state index contributed by atoms with van der Waals surface area (Å²) in [7, 11) is 0. The molecule has 1 amide bonds. The molecule has 4 heteroatoms. The third-order valence-electron chi connectivity index (χ3n) is 4.17. The maximum atomic E-state index is 12.7. The van der Waals surface area contributed by atoms with Gasteiger partial charge in [-0.05, 0) is 17.2 Å². The highest BCUT2D eigenvalue weighted by atomic mass is 16.5. The van der Waals surface area contributed by atoms with E-state index in [2.05, 4.69) is 0 Å². The minimum Gasteiger partial charge on any atom is -0.394 e. The molecule has 0 aliphatic carbocycles. The van der Waals surface area contributed by atoms with Crippen molar-refractivity contribution in [3.8, 4) is 0 Å². The zero-order valence-corrected chi connectivity index (χ0v) is 13.4. The summed E-state index contributed by atoms with van der Waals surface area (Å²) >= 11 is 0. The molecule has 2 aromatic carbocycles. The fraction of sp³-hybridized carbons (Fsp3) is 0.250. The van der Waals surface area contributed by atoms with Crippen LogP contribution in [0.3, 0.4) is 0 Å². The van der Waals surface area contributed by atoms with Crippen molar-refractivity contribution in [2.45, 2.75) is 12.1 Å². The summed E-state index contributed by atoms with van der Waals surface area (Å²) in [6.07, 6.45) is 2.99. The first-order valence-electron chi connectivity index (χ1n) is 8.11. The molecule has 0 saturated carbocycles. The summed E-state index contributed by atoms with van der Waals surface area (Å²) in [6.45, 7) is 0.819. The number of ether oxygens (including phenoxy) is 1. The van der Waals surface area contributed by atoms with Crippen molar-refractivity contribution in [2.24, 2.45) is 0 Å². The zero-order chi connectivity index (χ0) is 16.8. The van der Waals surface area contributed by atoms with Gasteiger partial charge >= 0.3 is 0 Å². The molecule has 24 heavy (non-hydrogen) atoms. The Balaban J connectivity index is 1.83.